The zero-order valence-corrected chi connectivity index (χ0v) is 13.9. The van der Waals surface area contributed by atoms with Gasteiger partial charge in [0, 0.05) is 10.0 Å². The maximum atomic E-state index is 4.37. The monoisotopic (exact) mass is 359 g/mol. The molecule has 3 aromatic rings. The fourth-order valence-corrected chi connectivity index (χ4v) is 3.80. The average Bonchev–Trinajstić information content (AvgIpc) is 2.99. The van der Waals surface area contributed by atoms with Crippen LogP contribution in [0.3, 0.4) is 0 Å². The van der Waals surface area contributed by atoms with E-state index < -0.39 is 0 Å². The highest BCUT2D eigenvalue weighted by molar-refractivity contribution is 9.10. The Kier molecular flexibility index (Phi) is 4.43. The molecule has 21 heavy (non-hydrogen) atoms. The summed E-state index contributed by atoms with van der Waals surface area (Å²) in [5, 5.41) is 13.9. The number of hydrogen-bond acceptors (Lipinski definition) is 4. The Hall–Kier alpha value is -1.56. The minimum Gasteiger partial charge on any atom is -0.307 e. The standard InChI is InChI=1S/C16H14BrN3S/c1-18-14(11-7-3-2-4-8-11)16-20-19-15(21-16)12-9-5-6-10-13(12)17/h2-10,14,18H,1H3. The molecule has 3 nitrogen and oxygen atoms in total. The molecule has 0 aliphatic carbocycles. The first-order chi connectivity index (χ1) is 10.3. The van der Waals surface area contributed by atoms with Gasteiger partial charge in [-0.3, -0.25) is 0 Å². The van der Waals surface area contributed by atoms with Crippen LogP contribution in [0.4, 0.5) is 0 Å². The van der Waals surface area contributed by atoms with Crippen molar-refractivity contribution < 1.29 is 0 Å². The summed E-state index contributed by atoms with van der Waals surface area (Å²) < 4.78 is 1.04. The summed E-state index contributed by atoms with van der Waals surface area (Å²) in [6.45, 7) is 0. The maximum absolute atomic E-state index is 4.37. The molecule has 1 atom stereocenters. The van der Waals surface area contributed by atoms with Crippen molar-refractivity contribution in [1.29, 1.82) is 0 Å². The summed E-state index contributed by atoms with van der Waals surface area (Å²) in [5.41, 5.74) is 2.26. The zero-order chi connectivity index (χ0) is 14.7. The predicted octanol–water partition coefficient (Wildman–Crippen LogP) is 4.28. The Morgan fingerprint density at radius 1 is 1.00 bits per heavy atom. The van der Waals surface area contributed by atoms with E-state index in [9.17, 15) is 0 Å². The Labute approximate surface area is 136 Å². The van der Waals surface area contributed by atoms with Crippen LogP contribution in [-0.2, 0) is 0 Å². The molecule has 2 aromatic carbocycles. The van der Waals surface area contributed by atoms with Crippen molar-refractivity contribution in [2.45, 2.75) is 6.04 Å². The Bertz CT molecular complexity index is 727. The largest absolute Gasteiger partial charge is 0.307 e. The third kappa shape index (κ3) is 3.05. The second kappa shape index (κ2) is 6.47. The number of nitrogens with one attached hydrogen (secondary N) is 1. The van der Waals surface area contributed by atoms with Crippen molar-refractivity contribution in [3.63, 3.8) is 0 Å². The van der Waals surface area contributed by atoms with Crippen LogP contribution in [0, 0.1) is 0 Å². The van der Waals surface area contributed by atoms with Gasteiger partial charge in [-0.15, -0.1) is 10.2 Å². The van der Waals surface area contributed by atoms with E-state index in [2.05, 4.69) is 43.6 Å². The Morgan fingerprint density at radius 2 is 1.71 bits per heavy atom. The molecule has 0 aliphatic heterocycles. The first-order valence-electron chi connectivity index (χ1n) is 6.60. The third-order valence-corrected chi connectivity index (χ3v) is 4.93. The molecular formula is C16H14BrN3S. The van der Waals surface area contributed by atoms with Crippen LogP contribution in [0.5, 0.6) is 0 Å². The molecule has 3 rings (SSSR count). The van der Waals surface area contributed by atoms with Gasteiger partial charge in [0.25, 0.3) is 0 Å². The maximum Gasteiger partial charge on any atom is 0.149 e. The summed E-state index contributed by atoms with van der Waals surface area (Å²) in [6.07, 6.45) is 0. The van der Waals surface area contributed by atoms with Gasteiger partial charge < -0.3 is 5.32 Å². The van der Waals surface area contributed by atoms with E-state index in [0.717, 1.165) is 20.1 Å². The lowest BCUT2D eigenvalue weighted by Crippen LogP contribution is -2.17. The Morgan fingerprint density at radius 3 is 2.43 bits per heavy atom. The molecule has 106 valence electrons. The first kappa shape index (κ1) is 14.4. The van der Waals surface area contributed by atoms with E-state index in [1.54, 1.807) is 11.3 Å². The van der Waals surface area contributed by atoms with Crippen molar-refractivity contribution in [3.05, 3.63) is 69.6 Å². The van der Waals surface area contributed by atoms with Gasteiger partial charge in [0.1, 0.15) is 10.0 Å². The number of rotatable bonds is 4. The van der Waals surface area contributed by atoms with Gasteiger partial charge >= 0.3 is 0 Å². The SMILES string of the molecule is CNC(c1ccccc1)c1nnc(-c2ccccc2Br)s1. The van der Waals surface area contributed by atoms with Gasteiger partial charge in [-0.05, 0) is 18.7 Å². The fraction of sp³-hybridized carbons (Fsp3) is 0.125. The lowest BCUT2D eigenvalue weighted by Gasteiger charge is -2.12. The van der Waals surface area contributed by atoms with Crippen LogP contribution in [0.15, 0.2) is 59.1 Å². The number of benzene rings is 2. The third-order valence-electron chi connectivity index (χ3n) is 3.21. The average molecular weight is 360 g/mol. The summed E-state index contributed by atoms with van der Waals surface area (Å²) >= 11 is 5.18. The second-order valence-corrected chi connectivity index (χ2v) is 6.42. The second-order valence-electron chi connectivity index (χ2n) is 4.56. The molecule has 0 fully saturated rings. The lowest BCUT2D eigenvalue weighted by molar-refractivity contribution is 0.678. The molecule has 0 bridgehead atoms. The van der Waals surface area contributed by atoms with Crippen molar-refractivity contribution >= 4 is 27.3 Å². The first-order valence-corrected chi connectivity index (χ1v) is 8.21. The molecule has 0 aliphatic rings. The van der Waals surface area contributed by atoms with Crippen molar-refractivity contribution in [2.75, 3.05) is 7.05 Å². The molecular weight excluding hydrogens is 346 g/mol. The van der Waals surface area contributed by atoms with Crippen molar-refractivity contribution in [2.24, 2.45) is 0 Å². The predicted molar refractivity (Wildman–Crippen MR) is 90.4 cm³/mol. The summed E-state index contributed by atoms with van der Waals surface area (Å²) in [4.78, 5) is 0. The summed E-state index contributed by atoms with van der Waals surface area (Å²) in [5.74, 6) is 0. The van der Waals surface area contributed by atoms with Gasteiger partial charge in [-0.25, -0.2) is 0 Å². The molecule has 1 N–H and O–H groups in total. The van der Waals surface area contributed by atoms with Crippen LogP contribution >= 0.6 is 27.3 Å². The lowest BCUT2D eigenvalue weighted by atomic mass is 10.1. The van der Waals surface area contributed by atoms with E-state index in [-0.39, 0.29) is 6.04 Å². The highest BCUT2D eigenvalue weighted by Gasteiger charge is 2.18. The van der Waals surface area contributed by atoms with E-state index in [1.165, 1.54) is 5.56 Å². The molecule has 1 unspecified atom stereocenters. The molecule has 0 saturated carbocycles. The minimum atomic E-state index is 0.0694. The molecule has 0 radical (unpaired) electrons. The van der Waals surface area contributed by atoms with Crippen LogP contribution in [0.25, 0.3) is 10.6 Å². The summed E-state index contributed by atoms with van der Waals surface area (Å²) in [7, 11) is 1.94. The smallest absolute Gasteiger partial charge is 0.149 e. The molecule has 0 spiro atoms. The zero-order valence-electron chi connectivity index (χ0n) is 11.5. The highest BCUT2D eigenvalue weighted by Crippen LogP contribution is 2.33. The molecule has 1 aromatic heterocycles. The fourth-order valence-electron chi connectivity index (χ4n) is 2.17. The molecule has 5 heteroatoms. The quantitative estimate of drug-likeness (QED) is 0.755. The molecule has 0 amide bonds. The normalized spacial score (nSPS) is 12.3. The van der Waals surface area contributed by atoms with E-state index in [4.69, 9.17) is 0 Å². The van der Waals surface area contributed by atoms with Gasteiger partial charge in [-0.1, -0.05) is 75.8 Å². The van der Waals surface area contributed by atoms with Crippen LogP contribution in [0.2, 0.25) is 0 Å². The Balaban J connectivity index is 1.96. The van der Waals surface area contributed by atoms with Gasteiger partial charge in [0.2, 0.25) is 0 Å². The molecule has 1 heterocycles. The summed E-state index contributed by atoms with van der Waals surface area (Å²) in [6, 6.07) is 18.4. The van der Waals surface area contributed by atoms with Gasteiger partial charge in [-0.2, -0.15) is 0 Å². The van der Waals surface area contributed by atoms with Crippen molar-refractivity contribution in [1.82, 2.24) is 15.5 Å². The van der Waals surface area contributed by atoms with E-state index in [1.807, 2.05) is 49.5 Å². The number of nitrogens with zero attached hydrogens (tertiary/aromatic N) is 2. The highest BCUT2D eigenvalue weighted by atomic mass is 79.9. The van der Waals surface area contributed by atoms with E-state index in [0.29, 0.717) is 0 Å². The van der Waals surface area contributed by atoms with E-state index >= 15 is 0 Å². The number of halogens is 1. The number of aromatic nitrogens is 2. The van der Waals surface area contributed by atoms with Gasteiger partial charge in [0.05, 0.1) is 6.04 Å². The minimum absolute atomic E-state index is 0.0694. The van der Waals surface area contributed by atoms with Crippen LogP contribution in [-0.4, -0.2) is 17.2 Å². The van der Waals surface area contributed by atoms with Gasteiger partial charge in [0.15, 0.2) is 0 Å². The number of hydrogen-bond donors (Lipinski definition) is 1. The topological polar surface area (TPSA) is 37.8 Å². The van der Waals surface area contributed by atoms with Crippen molar-refractivity contribution in [3.8, 4) is 10.6 Å². The van der Waals surface area contributed by atoms with Crippen LogP contribution in [0.1, 0.15) is 16.6 Å². The van der Waals surface area contributed by atoms with Crippen LogP contribution < -0.4 is 5.32 Å². The molecule has 0 saturated heterocycles.